The Labute approximate surface area is 190 Å². The Morgan fingerprint density at radius 3 is 2.62 bits per heavy atom. The molecule has 0 saturated heterocycles. The van der Waals surface area contributed by atoms with Crippen molar-refractivity contribution in [1.82, 2.24) is 24.8 Å². The zero-order chi connectivity index (χ0) is 22.5. The van der Waals surface area contributed by atoms with Gasteiger partial charge in [0.05, 0.1) is 12.8 Å². The van der Waals surface area contributed by atoms with Gasteiger partial charge < -0.3 is 15.0 Å². The molecule has 0 aliphatic carbocycles. The predicted octanol–water partition coefficient (Wildman–Crippen LogP) is 3.47. The van der Waals surface area contributed by atoms with Crippen LogP contribution in [0.5, 0.6) is 5.75 Å². The number of pyridine rings is 1. The molecule has 7 nitrogen and oxygen atoms in total. The van der Waals surface area contributed by atoms with Crippen molar-refractivity contribution in [1.29, 1.82) is 0 Å². The van der Waals surface area contributed by atoms with Gasteiger partial charge >= 0.3 is 0 Å². The van der Waals surface area contributed by atoms with Gasteiger partial charge in [0.1, 0.15) is 17.3 Å². The molecule has 32 heavy (non-hydrogen) atoms. The van der Waals surface area contributed by atoms with Gasteiger partial charge in [0.2, 0.25) is 0 Å². The van der Waals surface area contributed by atoms with Crippen molar-refractivity contribution >= 4 is 5.82 Å². The quantitative estimate of drug-likeness (QED) is 0.585. The molecule has 1 aliphatic heterocycles. The van der Waals surface area contributed by atoms with Crippen LogP contribution in [0.2, 0.25) is 0 Å². The Kier molecular flexibility index (Phi) is 6.97. The fraction of sp³-hybridized carbons (Fsp3) is 0.400. The van der Waals surface area contributed by atoms with Gasteiger partial charge in [-0.2, -0.15) is 0 Å². The molecule has 4 rings (SSSR count). The lowest BCUT2D eigenvalue weighted by Crippen LogP contribution is -2.34. The molecule has 1 unspecified atom stereocenters. The van der Waals surface area contributed by atoms with Crippen LogP contribution in [-0.4, -0.2) is 65.1 Å². The van der Waals surface area contributed by atoms with Crippen LogP contribution in [0.3, 0.4) is 0 Å². The molecule has 1 atom stereocenters. The van der Waals surface area contributed by atoms with Crippen molar-refractivity contribution in [3.05, 3.63) is 65.5 Å². The molecule has 0 radical (unpaired) electrons. The van der Waals surface area contributed by atoms with Crippen LogP contribution in [0, 0.1) is 0 Å². The summed E-state index contributed by atoms with van der Waals surface area (Å²) in [5, 5.41) is 3.64. The van der Waals surface area contributed by atoms with Crippen LogP contribution >= 0.6 is 0 Å². The second kappa shape index (κ2) is 10.1. The van der Waals surface area contributed by atoms with E-state index in [4.69, 9.17) is 14.7 Å². The lowest BCUT2D eigenvalue weighted by molar-refractivity contribution is 0.241. The third kappa shape index (κ3) is 5.41. The molecular weight excluding hydrogens is 400 g/mol. The fourth-order valence-corrected chi connectivity index (χ4v) is 4.16. The molecular formula is C25H32N6O. The Balaban J connectivity index is 1.60. The average molecular weight is 433 g/mol. The standard InChI is InChI=1S/C25H32N6O/c1-18(15-30(2)3)27-24-21-12-14-31(16-19-8-10-20(32-4)11-9-19)17-23(21)28-25(29-24)22-7-5-6-13-26-22/h5-11,13,18H,12,14-17H2,1-4H3,(H,27,28,29). The number of rotatable bonds is 8. The van der Waals surface area contributed by atoms with E-state index < -0.39 is 0 Å². The van der Waals surface area contributed by atoms with Gasteiger partial charge in [-0.05, 0) is 57.3 Å². The summed E-state index contributed by atoms with van der Waals surface area (Å²) in [5.41, 5.74) is 4.37. The van der Waals surface area contributed by atoms with E-state index in [0.29, 0.717) is 5.82 Å². The highest BCUT2D eigenvalue weighted by atomic mass is 16.5. The number of anilines is 1. The predicted molar refractivity (Wildman–Crippen MR) is 128 cm³/mol. The summed E-state index contributed by atoms with van der Waals surface area (Å²) < 4.78 is 5.28. The van der Waals surface area contributed by atoms with E-state index in [-0.39, 0.29) is 6.04 Å². The van der Waals surface area contributed by atoms with Crippen molar-refractivity contribution in [3.63, 3.8) is 0 Å². The molecule has 1 aliphatic rings. The monoisotopic (exact) mass is 432 g/mol. The molecule has 1 aromatic carbocycles. The lowest BCUT2D eigenvalue weighted by atomic mass is 10.0. The maximum atomic E-state index is 5.28. The Morgan fingerprint density at radius 2 is 1.94 bits per heavy atom. The molecule has 0 bridgehead atoms. The van der Waals surface area contributed by atoms with E-state index in [1.165, 1.54) is 11.1 Å². The molecule has 7 heteroatoms. The molecule has 0 spiro atoms. The van der Waals surface area contributed by atoms with Crippen LogP contribution in [0.4, 0.5) is 5.82 Å². The number of likely N-dealkylation sites (N-methyl/N-ethyl adjacent to an activating group) is 1. The summed E-state index contributed by atoms with van der Waals surface area (Å²) in [6, 6.07) is 14.4. The van der Waals surface area contributed by atoms with E-state index in [1.807, 2.05) is 30.3 Å². The van der Waals surface area contributed by atoms with Crippen molar-refractivity contribution in [3.8, 4) is 17.3 Å². The van der Waals surface area contributed by atoms with Crippen LogP contribution < -0.4 is 10.1 Å². The first-order valence-corrected chi connectivity index (χ1v) is 11.1. The summed E-state index contributed by atoms with van der Waals surface area (Å²) in [6.45, 7) is 5.77. The summed E-state index contributed by atoms with van der Waals surface area (Å²) in [7, 11) is 5.87. The smallest absolute Gasteiger partial charge is 0.180 e. The highest BCUT2D eigenvalue weighted by Crippen LogP contribution is 2.28. The van der Waals surface area contributed by atoms with E-state index in [0.717, 1.165) is 55.6 Å². The second-order valence-corrected chi connectivity index (χ2v) is 8.65. The number of methoxy groups -OCH3 is 1. The van der Waals surface area contributed by atoms with Crippen molar-refractivity contribution in [2.24, 2.45) is 0 Å². The van der Waals surface area contributed by atoms with Crippen LogP contribution in [0.1, 0.15) is 23.7 Å². The normalized spacial score (nSPS) is 14.8. The lowest BCUT2D eigenvalue weighted by Gasteiger charge is -2.30. The Bertz CT molecular complexity index is 1020. The van der Waals surface area contributed by atoms with Gasteiger partial charge in [-0.1, -0.05) is 18.2 Å². The number of fused-ring (bicyclic) bond motifs is 1. The SMILES string of the molecule is COc1ccc(CN2CCc3c(nc(-c4ccccn4)nc3NC(C)CN(C)C)C2)cc1. The minimum atomic E-state index is 0.276. The van der Waals surface area contributed by atoms with Gasteiger partial charge in [-0.15, -0.1) is 0 Å². The molecule has 1 N–H and O–H groups in total. The van der Waals surface area contributed by atoms with Crippen LogP contribution in [0.25, 0.3) is 11.5 Å². The largest absolute Gasteiger partial charge is 0.497 e. The summed E-state index contributed by atoms with van der Waals surface area (Å²) in [6.07, 6.45) is 2.71. The molecule has 3 aromatic rings. The Hall–Kier alpha value is -3.03. The second-order valence-electron chi connectivity index (χ2n) is 8.65. The first-order valence-electron chi connectivity index (χ1n) is 11.1. The van der Waals surface area contributed by atoms with Gasteiger partial charge in [-0.3, -0.25) is 9.88 Å². The number of hydrogen-bond donors (Lipinski definition) is 1. The minimum Gasteiger partial charge on any atom is -0.497 e. The van der Waals surface area contributed by atoms with Gasteiger partial charge in [0.25, 0.3) is 0 Å². The highest BCUT2D eigenvalue weighted by Gasteiger charge is 2.24. The maximum absolute atomic E-state index is 5.28. The maximum Gasteiger partial charge on any atom is 0.180 e. The molecule has 2 aromatic heterocycles. The van der Waals surface area contributed by atoms with Crippen LogP contribution in [-0.2, 0) is 19.5 Å². The fourth-order valence-electron chi connectivity index (χ4n) is 4.16. The molecule has 3 heterocycles. The molecule has 0 saturated carbocycles. The first-order chi connectivity index (χ1) is 15.5. The van der Waals surface area contributed by atoms with Crippen molar-refractivity contribution < 1.29 is 4.74 Å². The van der Waals surface area contributed by atoms with E-state index in [1.54, 1.807) is 13.3 Å². The number of nitrogens with one attached hydrogen (secondary N) is 1. The number of nitrogens with zero attached hydrogens (tertiary/aromatic N) is 5. The van der Waals surface area contributed by atoms with E-state index in [9.17, 15) is 0 Å². The highest BCUT2D eigenvalue weighted by molar-refractivity contribution is 5.57. The number of hydrogen-bond acceptors (Lipinski definition) is 7. The van der Waals surface area contributed by atoms with Crippen molar-refractivity contribution in [2.45, 2.75) is 32.5 Å². The van der Waals surface area contributed by atoms with Crippen LogP contribution in [0.15, 0.2) is 48.7 Å². The topological polar surface area (TPSA) is 66.4 Å². The average Bonchev–Trinajstić information content (AvgIpc) is 2.79. The minimum absolute atomic E-state index is 0.276. The Morgan fingerprint density at radius 1 is 1.12 bits per heavy atom. The van der Waals surface area contributed by atoms with Gasteiger partial charge in [0, 0.05) is 44.0 Å². The molecule has 0 fully saturated rings. The number of benzene rings is 1. The van der Waals surface area contributed by atoms with Gasteiger partial charge in [-0.25, -0.2) is 9.97 Å². The number of aromatic nitrogens is 3. The van der Waals surface area contributed by atoms with E-state index >= 15 is 0 Å². The third-order valence-corrected chi connectivity index (χ3v) is 5.63. The summed E-state index contributed by atoms with van der Waals surface area (Å²) in [4.78, 5) is 18.9. The van der Waals surface area contributed by atoms with Gasteiger partial charge in [0.15, 0.2) is 5.82 Å². The van der Waals surface area contributed by atoms with E-state index in [2.05, 4.69) is 53.3 Å². The molecule has 0 amide bonds. The molecule has 168 valence electrons. The summed E-state index contributed by atoms with van der Waals surface area (Å²) >= 11 is 0. The number of ether oxygens (including phenoxy) is 1. The first kappa shape index (κ1) is 22.2. The summed E-state index contributed by atoms with van der Waals surface area (Å²) in [5.74, 6) is 2.50. The van der Waals surface area contributed by atoms with Crippen molar-refractivity contribution in [2.75, 3.05) is 39.6 Å². The zero-order valence-corrected chi connectivity index (χ0v) is 19.4. The third-order valence-electron chi connectivity index (χ3n) is 5.63. The zero-order valence-electron chi connectivity index (χ0n) is 19.4.